The van der Waals surface area contributed by atoms with Crippen LogP contribution in [0.4, 0.5) is 17.1 Å². The summed E-state index contributed by atoms with van der Waals surface area (Å²) in [4.78, 5) is 7.16. The molecule has 0 radical (unpaired) electrons. The van der Waals surface area contributed by atoms with E-state index in [1.54, 1.807) is 0 Å². The summed E-state index contributed by atoms with van der Waals surface area (Å²) < 4.78 is 9.22. The van der Waals surface area contributed by atoms with E-state index in [1.165, 1.54) is 33.8 Å². The van der Waals surface area contributed by atoms with E-state index in [4.69, 9.17) is 0 Å². The first kappa shape index (κ1) is 25.2. The summed E-state index contributed by atoms with van der Waals surface area (Å²) in [6, 6.07) is 18.5. The second-order valence-corrected chi connectivity index (χ2v) is 9.08. The van der Waals surface area contributed by atoms with E-state index in [9.17, 15) is 1.37 Å². The molecule has 0 N–H and O–H groups in total. The van der Waals surface area contributed by atoms with Crippen LogP contribution in [-0.2, 0) is 0 Å². The Balaban J connectivity index is 2.28. The molecular formula is C32H45N3. The smallest absolute Gasteiger partial charge is 0.0633 e. The van der Waals surface area contributed by atoms with Gasteiger partial charge in [-0.3, -0.25) is 0 Å². The third kappa shape index (κ3) is 5.50. The molecule has 0 heterocycles. The van der Waals surface area contributed by atoms with Crippen molar-refractivity contribution in [3.05, 3.63) is 65.7 Å². The molecule has 35 heavy (non-hydrogen) atoms. The molecule has 0 amide bonds. The standard InChI is InChI=1S/C32H45N3/c1-9-33(10-2)28-19-15-26(16-20-28)30-23-24(7)25(8)31(32(30)35(13-5)14-6)27-17-21-29(22-18-27)34(11-3)12-4/h15-23H,9-14H2,1-8H3/i23D. The molecule has 0 aliphatic heterocycles. The molecule has 0 bridgehead atoms. The van der Waals surface area contributed by atoms with Crippen molar-refractivity contribution in [2.24, 2.45) is 0 Å². The molecular weight excluding hydrogens is 426 g/mol. The van der Waals surface area contributed by atoms with Gasteiger partial charge in [0.25, 0.3) is 0 Å². The maximum Gasteiger partial charge on any atom is 0.0633 e. The first-order chi connectivity index (χ1) is 17.4. The van der Waals surface area contributed by atoms with Crippen molar-refractivity contribution < 1.29 is 1.37 Å². The second-order valence-electron chi connectivity index (χ2n) is 9.08. The zero-order valence-corrected chi connectivity index (χ0v) is 23.2. The molecule has 3 rings (SSSR count). The summed E-state index contributed by atoms with van der Waals surface area (Å²) in [5, 5.41) is 0. The van der Waals surface area contributed by atoms with Gasteiger partial charge in [0.1, 0.15) is 0 Å². The van der Waals surface area contributed by atoms with Crippen molar-refractivity contribution in [2.45, 2.75) is 55.4 Å². The van der Waals surface area contributed by atoms with Crippen molar-refractivity contribution in [3.63, 3.8) is 0 Å². The SMILES string of the molecule is [2H]c1c(C)c(C)c(-c2ccc(N(CC)CC)cc2)c(N(CC)CC)c1-c1ccc(N(CC)CC)cc1. The van der Waals surface area contributed by atoms with E-state index in [0.29, 0.717) is 6.04 Å². The van der Waals surface area contributed by atoms with Crippen LogP contribution in [0.2, 0.25) is 0 Å². The van der Waals surface area contributed by atoms with Gasteiger partial charge in [0.05, 0.1) is 7.06 Å². The Hall–Kier alpha value is -2.94. The Morgan fingerprint density at radius 2 is 0.971 bits per heavy atom. The number of rotatable bonds is 11. The highest BCUT2D eigenvalue weighted by Gasteiger charge is 2.21. The van der Waals surface area contributed by atoms with Gasteiger partial charge in [-0.2, -0.15) is 0 Å². The van der Waals surface area contributed by atoms with Gasteiger partial charge in [0.15, 0.2) is 0 Å². The quantitative estimate of drug-likeness (QED) is 0.278. The van der Waals surface area contributed by atoms with Crippen LogP contribution in [0.15, 0.2) is 54.6 Å². The van der Waals surface area contributed by atoms with Gasteiger partial charge >= 0.3 is 0 Å². The van der Waals surface area contributed by atoms with E-state index in [0.717, 1.165) is 56.0 Å². The number of nitrogens with zero attached hydrogens (tertiary/aromatic N) is 3. The predicted octanol–water partition coefficient (Wildman–Crippen LogP) is 8.18. The van der Waals surface area contributed by atoms with Crippen molar-refractivity contribution in [1.82, 2.24) is 0 Å². The highest BCUT2D eigenvalue weighted by Crippen LogP contribution is 2.44. The van der Waals surface area contributed by atoms with Crippen LogP contribution in [-0.4, -0.2) is 39.3 Å². The van der Waals surface area contributed by atoms with E-state index < -0.39 is 0 Å². The van der Waals surface area contributed by atoms with Crippen molar-refractivity contribution in [1.29, 1.82) is 0 Å². The third-order valence-corrected chi connectivity index (χ3v) is 7.37. The molecule has 3 aromatic carbocycles. The molecule has 0 aliphatic rings. The number of hydrogen-bond donors (Lipinski definition) is 0. The van der Waals surface area contributed by atoms with E-state index in [2.05, 4.69) is 119 Å². The molecule has 3 aromatic rings. The maximum atomic E-state index is 9.22. The molecule has 0 spiro atoms. The molecule has 0 aromatic heterocycles. The van der Waals surface area contributed by atoms with Gasteiger partial charge in [-0.05, 0) is 108 Å². The molecule has 0 atom stereocenters. The Bertz CT molecular complexity index is 1040. The van der Waals surface area contributed by atoms with Gasteiger partial charge in [-0.15, -0.1) is 0 Å². The number of hydrogen-bond acceptors (Lipinski definition) is 3. The minimum Gasteiger partial charge on any atom is -0.372 e. The minimum absolute atomic E-state index is 0.633. The summed E-state index contributed by atoms with van der Waals surface area (Å²) in [6.45, 7) is 23.3. The zero-order chi connectivity index (χ0) is 26.4. The fourth-order valence-corrected chi connectivity index (χ4v) is 5.10. The lowest BCUT2D eigenvalue weighted by Crippen LogP contribution is -2.24. The average Bonchev–Trinajstić information content (AvgIpc) is 2.91. The van der Waals surface area contributed by atoms with Gasteiger partial charge in [0.2, 0.25) is 0 Å². The molecule has 3 heteroatoms. The van der Waals surface area contributed by atoms with Crippen molar-refractivity contribution in [2.75, 3.05) is 54.0 Å². The van der Waals surface area contributed by atoms with Crippen LogP contribution >= 0.6 is 0 Å². The molecule has 0 saturated heterocycles. The fraction of sp³-hybridized carbons (Fsp3) is 0.438. The van der Waals surface area contributed by atoms with Gasteiger partial charge in [-0.25, -0.2) is 0 Å². The Labute approximate surface area is 215 Å². The normalized spacial score (nSPS) is 11.4. The lowest BCUT2D eigenvalue weighted by molar-refractivity contribution is 0.864. The maximum absolute atomic E-state index is 9.22. The van der Waals surface area contributed by atoms with Gasteiger partial charge < -0.3 is 14.7 Å². The average molecular weight is 473 g/mol. The lowest BCUT2D eigenvalue weighted by atomic mass is 9.88. The third-order valence-electron chi connectivity index (χ3n) is 7.37. The van der Waals surface area contributed by atoms with E-state index in [1.807, 2.05) is 0 Å². The Morgan fingerprint density at radius 3 is 1.37 bits per heavy atom. The van der Waals surface area contributed by atoms with Crippen molar-refractivity contribution in [3.8, 4) is 22.3 Å². The Kier molecular flexibility index (Phi) is 8.74. The summed E-state index contributed by atoms with van der Waals surface area (Å²) in [6.07, 6.45) is 0. The first-order valence-electron chi connectivity index (χ1n) is 14.0. The highest BCUT2D eigenvalue weighted by molar-refractivity contribution is 5.94. The Morgan fingerprint density at radius 1 is 0.571 bits per heavy atom. The second kappa shape index (κ2) is 12.2. The summed E-state index contributed by atoms with van der Waals surface area (Å²) in [5.74, 6) is 0. The van der Waals surface area contributed by atoms with E-state index in [-0.39, 0.29) is 0 Å². The molecule has 0 saturated carbocycles. The van der Waals surface area contributed by atoms with Crippen LogP contribution in [0, 0.1) is 13.8 Å². The summed E-state index contributed by atoms with van der Waals surface area (Å²) >= 11 is 0. The minimum atomic E-state index is 0.633. The molecule has 0 unspecified atom stereocenters. The van der Waals surface area contributed by atoms with Crippen LogP contribution in [0.25, 0.3) is 22.3 Å². The van der Waals surface area contributed by atoms with Gasteiger partial charge in [-0.1, -0.05) is 24.3 Å². The molecule has 188 valence electrons. The molecule has 0 aliphatic carbocycles. The summed E-state index contributed by atoms with van der Waals surface area (Å²) in [7, 11) is 0. The molecule has 0 fully saturated rings. The topological polar surface area (TPSA) is 9.72 Å². The van der Waals surface area contributed by atoms with Crippen LogP contribution < -0.4 is 14.7 Å². The lowest BCUT2D eigenvalue weighted by Gasteiger charge is -2.30. The fourth-order valence-electron chi connectivity index (χ4n) is 5.10. The monoisotopic (exact) mass is 472 g/mol. The summed E-state index contributed by atoms with van der Waals surface area (Å²) in [5.41, 5.74) is 10.5. The van der Waals surface area contributed by atoms with Crippen LogP contribution in [0.5, 0.6) is 0 Å². The van der Waals surface area contributed by atoms with E-state index >= 15 is 0 Å². The number of anilines is 3. The predicted molar refractivity (Wildman–Crippen MR) is 157 cm³/mol. The van der Waals surface area contributed by atoms with Crippen LogP contribution in [0.3, 0.4) is 0 Å². The van der Waals surface area contributed by atoms with Crippen LogP contribution in [0.1, 0.15) is 54.0 Å². The van der Waals surface area contributed by atoms with Crippen molar-refractivity contribution >= 4 is 17.1 Å². The zero-order valence-electron chi connectivity index (χ0n) is 24.2. The molecule has 3 nitrogen and oxygen atoms in total. The highest BCUT2D eigenvalue weighted by atomic mass is 15.1. The number of benzene rings is 3. The largest absolute Gasteiger partial charge is 0.372 e. The van der Waals surface area contributed by atoms with Gasteiger partial charge in [0, 0.05) is 61.8 Å². The first-order valence-corrected chi connectivity index (χ1v) is 13.5.